The van der Waals surface area contributed by atoms with Gasteiger partial charge in [0.2, 0.25) is 0 Å². The molecule has 1 heteroatoms. The predicted molar refractivity (Wildman–Crippen MR) is 104 cm³/mol. The highest BCUT2D eigenvalue weighted by molar-refractivity contribution is 5.34. The van der Waals surface area contributed by atoms with Gasteiger partial charge in [-0.3, -0.25) is 0 Å². The van der Waals surface area contributed by atoms with Gasteiger partial charge >= 0.3 is 0 Å². The third kappa shape index (κ3) is 4.08. The Morgan fingerprint density at radius 2 is 1.46 bits per heavy atom. The normalized spacial score (nSPS) is 15.6. The van der Waals surface area contributed by atoms with E-state index in [0.29, 0.717) is 5.92 Å². The Balaban J connectivity index is 1.70. The van der Waals surface area contributed by atoms with E-state index in [-0.39, 0.29) is 0 Å². The van der Waals surface area contributed by atoms with Crippen LogP contribution in [-0.4, -0.2) is 24.5 Å². The smallest absolute Gasteiger partial charge is 0.00188 e. The second-order valence-corrected chi connectivity index (χ2v) is 7.12. The Kier molecular flexibility index (Phi) is 6.09. The van der Waals surface area contributed by atoms with E-state index in [1.807, 2.05) is 0 Å². The van der Waals surface area contributed by atoms with E-state index in [9.17, 15) is 0 Å². The molecule has 0 bridgehead atoms. The van der Waals surface area contributed by atoms with Crippen molar-refractivity contribution < 1.29 is 0 Å². The summed E-state index contributed by atoms with van der Waals surface area (Å²) in [5, 5.41) is 0. The van der Waals surface area contributed by atoms with Crippen LogP contribution in [0.2, 0.25) is 0 Å². The summed E-state index contributed by atoms with van der Waals surface area (Å²) in [6, 6.07) is 20.3. The van der Waals surface area contributed by atoms with E-state index < -0.39 is 0 Å². The third-order valence-corrected chi connectivity index (χ3v) is 5.76. The zero-order valence-electron chi connectivity index (χ0n) is 15.2. The van der Waals surface area contributed by atoms with E-state index in [2.05, 4.69) is 73.3 Å². The molecule has 2 aromatic rings. The summed E-state index contributed by atoms with van der Waals surface area (Å²) in [4.78, 5) is 2.55. The molecule has 24 heavy (non-hydrogen) atoms. The first-order chi connectivity index (χ1) is 11.8. The standard InChI is InChI=1S/C23H31N/c1-3-24(4-2)16-10-15-23(19-11-6-5-7-12-19)22-17-20-13-8-9-14-21(20)18-22/h5-9,11-14,22-23H,3-4,10,15-18H2,1-2H3. The Morgan fingerprint density at radius 3 is 2.04 bits per heavy atom. The van der Waals surface area contributed by atoms with Crippen molar-refractivity contribution >= 4 is 0 Å². The molecule has 0 saturated heterocycles. The van der Waals surface area contributed by atoms with Gasteiger partial charge in [-0.25, -0.2) is 0 Å². The minimum absolute atomic E-state index is 0.689. The molecule has 128 valence electrons. The van der Waals surface area contributed by atoms with Crippen LogP contribution in [0.4, 0.5) is 0 Å². The van der Waals surface area contributed by atoms with Crippen molar-refractivity contribution in [2.75, 3.05) is 19.6 Å². The lowest BCUT2D eigenvalue weighted by Crippen LogP contribution is -2.25. The lowest BCUT2D eigenvalue weighted by atomic mass is 9.81. The molecule has 0 aromatic heterocycles. The largest absolute Gasteiger partial charge is 0.304 e. The Hall–Kier alpha value is -1.60. The molecule has 0 fully saturated rings. The van der Waals surface area contributed by atoms with Gasteiger partial charge in [0.05, 0.1) is 0 Å². The van der Waals surface area contributed by atoms with Crippen LogP contribution in [0.15, 0.2) is 54.6 Å². The number of benzene rings is 2. The van der Waals surface area contributed by atoms with E-state index in [4.69, 9.17) is 0 Å². The van der Waals surface area contributed by atoms with Gasteiger partial charge in [-0.05, 0) is 73.8 Å². The van der Waals surface area contributed by atoms with Crippen molar-refractivity contribution in [2.24, 2.45) is 5.92 Å². The second-order valence-electron chi connectivity index (χ2n) is 7.12. The fourth-order valence-corrected chi connectivity index (χ4v) is 4.33. The molecule has 0 radical (unpaired) electrons. The molecule has 0 aliphatic heterocycles. The molecular weight excluding hydrogens is 290 g/mol. The van der Waals surface area contributed by atoms with Gasteiger partial charge < -0.3 is 4.90 Å². The first kappa shape index (κ1) is 17.2. The number of nitrogens with zero attached hydrogens (tertiary/aromatic N) is 1. The van der Waals surface area contributed by atoms with Crippen LogP contribution >= 0.6 is 0 Å². The topological polar surface area (TPSA) is 3.24 Å². The van der Waals surface area contributed by atoms with Gasteiger partial charge in [0.15, 0.2) is 0 Å². The van der Waals surface area contributed by atoms with Crippen LogP contribution in [-0.2, 0) is 12.8 Å². The van der Waals surface area contributed by atoms with Crippen LogP contribution in [0.25, 0.3) is 0 Å². The van der Waals surface area contributed by atoms with Gasteiger partial charge in [-0.2, -0.15) is 0 Å². The molecule has 0 spiro atoms. The number of fused-ring (bicyclic) bond motifs is 1. The van der Waals surface area contributed by atoms with E-state index in [1.165, 1.54) is 50.9 Å². The Labute approximate surface area is 147 Å². The maximum Gasteiger partial charge on any atom is -0.00188 e. The summed E-state index contributed by atoms with van der Waals surface area (Å²) < 4.78 is 0. The van der Waals surface area contributed by atoms with Crippen LogP contribution in [0.5, 0.6) is 0 Å². The fraction of sp³-hybridized carbons (Fsp3) is 0.478. The molecule has 1 nitrogen and oxygen atoms in total. The third-order valence-electron chi connectivity index (χ3n) is 5.76. The zero-order chi connectivity index (χ0) is 16.8. The van der Waals surface area contributed by atoms with Crippen LogP contribution in [0, 0.1) is 5.92 Å². The monoisotopic (exact) mass is 321 g/mol. The summed E-state index contributed by atoms with van der Waals surface area (Å²) in [5.41, 5.74) is 4.69. The van der Waals surface area contributed by atoms with Crippen LogP contribution in [0.1, 0.15) is 49.3 Å². The Morgan fingerprint density at radius 1 is 0.875 bits per heavy atom. The summed E-state index contributed by atoms with van der Waals surface area (Å²) in [6.07, 6.45) is 5.11. The SMILES string of the molecule is CCN(CC)CCCC(c1ccccc1)C1Cc2ccccc2C1. The van der Waals surface area contributed by atoms with Crippen LogP contribution in [0.3, 0.4) is 0 Å². The molecule has 3 rings (SSSR count). The number of rotatable bonds is 8. The van der Waals surface area contributed by atoms with Crippen LogP contribution < -0.4 is 0 Å². The fourth-order valence-electron chi connectivity index (χ4n) is 4.33. The van der Waals surface area contributed by atoms with Crippen molar-refractivity contribution in [3.8, 4) is 0 Å². The minimum atomic E-state index is 0.689. The van der Waals surface area contributed by atoms with Crippen molar-refractivity contribution in [3.63, 3.8) is 0 Å². The molecule has 2 aromatic carbocycles. The molecule has 1 unspecified atom stereocenters. The highest BCUT2D eigenvalue weighted by atomic mass is 15.1. The predicted octanol–water partition coefficient (Wildman–Crippen LogP) is 5.31. The second kappa shape index (κ2) is 8.48. The molecular formula is C23H31N. The quantitative estimate of drug-likeness (QED) is 0.637. The van der Waals surface area contributed by atoms with E-state index in [1.54, 1.807) is 11.1 Å². The summed E-state index contributed by atoms with van der Waals surface area (Å²) in [7, 11) is 0. The van der Waals surface area contributed by atoms with Crippen molar-refractivity contribution in [2.45, 2.75) is 45.4 Å². The minimum Gasteiger partial charge on any atom is -0.304 e. The van der Waals surface area contributed by atoms with Crippen molar-refractivity contribution in [3.05, 3.63) is 71.3 Å². The molecule has 0 N–H and O–H groups in total. The van der Waals surface area contributed by atoms with Gasteiger partial charge in [-0.15, -0.1) is 0 Å². The van der Waals surface area contributed by atoms with Crippen molar-refractivity contribution in [1.82, 2.24) is 4.90 Å². The molecule has 0 heterocycles. The molecule has 0 amide bonds. The first-order valence-corrected chi connectivity index (χ1v) is 9.65. The maximum absolute atomic E-state index is 2.55. The average Bonchev–Trinajstić information content (AvgIpc) is 3.06. The lowest BCUT2D eigenvalue weighted by molar-refractivity contribution is 0.284. The first-order valence-electron chi connectivity index (χ1n) is 9.65. The molecule has 1 aliphatic rings. The molecule has 1 aliphatic carbocycles. The highest BCUT2D eigenvalue weighted by Gasteiger charge is 2.29. The molecule has 1 atom stereocenters. The maximum atomic E-state index is 2.55. The van der Waals surface area contributed by atoms with E-state index >= 15 is 0 Å². The highest BCUT2D eigenvalue weighted by Crippen LogP contribution is 2.39. The molecule has 0 saturated carbocycles. The lowest BCUT2D eigenvalue weighted by Gasteiger charge is -2.26. The summed E-state index contributed by atoms with van der Waals surface area (Å²) >= 11 is 0. The zero-order valence-corrected chi connectivity index (χ0v) is 15.2. The average molecular weight is 322 g/mol. The van der Waals surface area contributed by atoms with Gasteiger partial charge in [0.25, 0.3) is 0 Å². The summed E-state index contributed by atoms with van der Waals surface area (Å²) in [5.74, 6) is 1.45. The van der Waals surface area contributed by atoms with Crippen molar-refractivity contribution in [1.29, 1.82) is 0 Å². The van der Waals surface area contributed by atoms with Gasteiger partial charge in [0, 0.05) is 0 Å². The number of hydrogen-bond donors (Lipinski definition) is 0. The number of hydrogen-bond acceptors (Lipinski definition) is 1. The van der Waals surface area contributed by atoms with Gasteiger partial charge in [0.1, 0.15) is 0 Å². The Bertz CT molecular complexity index is 590. The van der Waals surface area contributed by atoms with Gasteiger partial charge in [-0.1, -0.05) is 68.4 Å². The summed E-state index contributed by atoms with van der Waals surface area (Å²) in [6.45, 7) is 8.11. The van der Waals surface area contributed by atoms with E-state index in [0.717, 1.165) is 5.92 Å².